The topological polar surface area (TPSA) is 68.3 Å². The molecule has 0 fully saturated rings. The number of hydrogen-bond acceptors (Lipinski definition) is 4. The number of aryl methyl sites for hydroxylation is 1. The van der Waals surface area contributed by atoms with E-state index in [1.54, 1.807) is 30.3 Å². The lowest BCUT2D eigenvalue weighted by Gasteiger charge is -2.21. The smallest absolute Gasteiger partial charge is 0.202 e. The summed E-state index contributed by atoms with van der Waals surface area (Å²) in [6.45, 7) is 5.90. The lowest BCUT2D eigenvalue weighted by molar-refractivity contribution is -0.120. The summed E-state index contributed by atoms with van der Waals surface area (Å²) in [5.74, 6) is -0.241. The number of Topliss-reactive ketones (excluding diaryl/α,β-unsaturated/α-hetero) is 1. The van der Waals surface area contributed by atoms with Gasteiger partial charge in [-0.15, -0.1) is 0 Å². The number of benzene rings is 3. The lowest BCUT2D eigenvalue weighted by atomic mass is 9.83. The molecule has 0 aromatic heterocycles. The van der Waals surface area contributed by atoms with Crippen LogP contribution in [0.5, 0.6) is 0 Å². The van der Waals surface area contributed by atoms with E-state index in [1.165, 1.54) is 0 Å². The summed E-state index contributed by atoms with van der Waals surface area (Å²) in [7, 11) is -3.48. The summed E-state index contributed by atoms with van der Waals surface area (Å²) in [4.78, 5) is 26.7. The zero-order valence-electron chi connectivity index (χ0n) is 21.7. The molecule has 0 saturated carbocycles. The van der Waals surface area contributed by atoms with Crippen molar-refractivity contribution in [1.82, 2.24) is 0 Å². The van der Waals surface area contributed by atoms with Gasteiger partial charge in [0.15, 0.2) is 5.78 Å². The van der Waals surface area contributed by atoms with E-state index in [-0.39, 0.29) is 22.9 Å². The molecule has 0 aliphatic heterocycles. The summed E-state index contributed by atoms with van der Waals surface area (Å²) in [6.07, 6.45) is 5.07. The summed E-state index contributed by atoms with van der Waals surface area (Å²) in [5.41, 5.74) is 2.83. The zero-order valence-corrected chi connectivity index (χ0v) is 22.6. The van der Waals surface area contributed by atoms with Crippen molar-refractivity contribution < 1.29 is 18.0 Å². The SMILES string of the molecule is Cc1ccc(S(=O)(=O)C2=CC(C)(CCCC(=O)[C@@H](C)c3cccc(C(=O)c4ccccc4)c3)CC2)cc1. The minimum Gasteiger partial charge on any atom is -0.299 e. The number of ketones is 2. The van der Waals surface area contributed by atoms with Crippen molar-refractivity contribution in [2.24, 2.45) is 5.41 Å². The maximum atomic E-state index is 13.1. The molecule has 5 heteroatoms. The Balaban J connectivity index is 1.37. The molecule has 37 heavy (non-hydrogen) atoms. The van der Waals surface area contributed by atoms with Gasteiger partial charge in [-0.25, -0.2) is 8.42 Å². The van der Waals surface area contributed by atoms with Crippen molar-refractivity contribution >= 4 is 21.4 Å². The van der Waals surface area contributed by atoms with Gasteiger partial charge in [0, 0.05) is 28.4 Å². The molecule has 0 N–H and O–H groups in total. The Kier molecular flexibility index (Phi) is 7.93. The van der Waals surface area contributed by atoms with E-state index in [9.17, 15) is 18.0 Å². The molecule has 192 valence electrons. The third kappa shape index (κ3) is 6.16. The van der Waals surface area contributed by atoms with Gasteiger partial charge in [0.05, 0.1) is 4.90 Å². The molecule has 1 aliphatic rings. The van der Waals surface area contributed by atoms with Gasteiger partial charge in [0.1, 0.15) is 5.78 Å². The predicted molar refractivity (Wildman–Crippen MR) is 147 cm³/mol. The first-order chi connectivity index (χ1) is 17.6. The first-order valence-electron chi connectivity index (χ1n) is 12.8. The van der Waals surface area contributed by atoms with E-state index in [4.69, 9.17) is 0 Å². The van der Waals surface area contributed by atoms with Gasteiger partial charge in [-0.2, -0.15) is 0 Å². The highest BCUT2D eigenvalue weighted by atomic mass is 32.2. The third-order valence-electron chi connectivity index (χ3n) is 7.47. The number of sulfone groups is 1. The van der Waals surface area contributed by atoms with Gasteiger partial charge in [-0.1, -0.05) is 86.2 Å². The van der Waals surface area contributed by atoms with E-state index >= 15 is 0 Å². The van der Waals surface area contributed by atoms with E-state index in [0.717, 1.165) is 24.0 Å². The standard InChI is InChI=1S/C32H34O4S/c1-23-14-16-28(17-15-23)37(35,36)29-18-20-32(3,22-29)19-8-13-30(33)24(2)26-11-7-12-27(21-26)31(34)25-9-5-4-6-10-25/h4-7,9-12,14-17,21-22,24H,8,13,18-20H2,1-3H3/t24-,32?/m0/s1. The molecule has 0 saturated heterocycles. The van der Waals surface area contributed by atoms with Crippen LogP contribution in [0.3, 0.4) is 0 Å². The first kappa shape index (κ1) is 26.7. The molecule has 1 aliphatic carbocycles. The largest absolute Gasteiger partial charge is 0.299 e. The second kappa shape index (κ2) is 11.0. The van der Waals surface area contributed by atoms with Gasteiger partial charge >= 0.3 is 0 Å². The number of hydrogen-bond donors (Lipinski definition) is 0. The fourth-order valence-electron chi connectivity index (χ4n) is 4.99. The maximum absolute atomic E-state index is 13.1. The molecular weight excluding hydrogens is 480 g/mol. The van der Waals surface area contributed by atoms with Gasteiger partial charge in [-0.05, 0) is 61.8 Å². The number of rotatable bonds is 10. The fraction of sp³-hybridized carbons (Fsp3) is 0.312. The molecule has 2 atom stereocenters. The second-order valence-corrected chi connectivity index (χ2v) is 12.4. The summed E-state index contributed by atoms with van der Waals surface area (Å²) in [6, 6.07) is 23.4. The Bertz CT molecular complexity index is 1420. The monoisotopic (exact) mass is 514 g/mol. The molecule has 1 unspecified atom stereocenters. The number of carbonyl (C=O) groups excluding carboxylic acids is 2. The lowest BCUT2D eigenvalue weighted by Crippen LogP contribution is -2.13. The van der Waals surface area contributed by atoms with E-state index < -0.39 is 9.84 Å². The van der Waals surface area contributed by atoms with Crippen LogP contribution >= 0.6 is 0 Å². The fourth-order valence-corrected chi connectivity index (χ4v) is 6.60. The van der Waals surface area contributed by atoms with Crippen LogP contribution in [0, 0.1) is 12.3 Å². The minimum atomic E-state index is -3.48. The molecule has 4 nitrogen and oxygen atoms in total. The van der Waals surface area contributed by atoms with Crippen molar-refractivity contribution in [3.63, 3.8) is 0 Å². The van der Waals surface area contributed by atoms with Gasteiger partial charge < -0.3 is 0 Å². The molecular formula is C32H34O4S. The molecule has 0 amide bonds. The van der Waals surface area contributed by atoms with Crippen LogP contribution in [-0.4, -0.2) is 20.0 Å². The van der Waals surface area contributed by atoms with Crippen LogP contribution in [0.4, 0.5) is 0 Å². The van der Waals surface area contributed by atoms with Crippen molar-refractivity contribution in [3.05, 3.63) is 112 Å². The van der Waals surface area contributed by atoms with Crippen molar-refractivity contribution in [2.45, 2.75) is 63.7 Å². The van der Waals surface area contributed by atoms with Crippen molar-refractivity contribution in [2.75, 3.05) is 0 Å². The highest BCUT2D eigenvalue weighted by Gasteiger charge is 2.34. The van der Waals surface area contributed by atoms with E-state index in [2.05, 4.69) is 6.92 Å². The predicted octanol–water partition coefficient (Wildman–Crippen LogP) is 7.23. The van der Waals surface area contributed by atoms with E-state index in [0.29, 0.717) is 40.2 Å². The summed E-state index contributed by atoms with van der Waals surface area (Å²) < 4.78 is 26.2. The van der Waals surface area contributed by atoms with Gasteiger partial charge in [-0.3, -0.25) is 9.59 Å². The van der Waals surface area contributed by atoms with Crippen LogP contribution in [0.1, 0.15) is 78.9 Å². The Labute approximate surface area is 220 Å². The zero-order chi connectivity index (χ0) is 26.6. The molecule has 0 spiro atoms. The Hall–Kier alpha value is -3.31. The van der Waals surface area contributed by atoms with Gasteiger partial charge in [0.2, 0.25) is 9.84 Å². The number of carbonyl (C=O) groups is 2. The van der Waals surface area contributed by atoms with Crippen LogP contribution in [0.2, 0.25) is 0 Å². The number of allylic oxidation sites excluding steroid dienone is 2. The Morgan fingerprint density at radius 3 is 2.30 bits per heavy atom. The van der Waals surface area contributed by atoms with Gasteiger partial charge in [0.25, 0.3) is 0 Å². The quantitative estimate of drug-likeness (QED) is 0.268. The van der Waals surface area contributed by atoms with Crippen LogP contribution in [0.15, 0.2) is 94.7 Å². The second-order valence-electron chi connectivity index (χ2n) is 10.4. The summed E-state index contributed by atoms with van der Waals surface area (Å²) >= 11 is 0. The third-order valence-corrected chi connectivity index (χ3v) is 9.37. The molecule has 0 radical (unpaired) electrons. The molecule has 3 aromatic rings. The highest BCUT2D eigenvalue weighted by molar-refractivity contribution is 7.95. The molecule has 3 aromatic carbocycles. The minimum absolute atomic E-state index is 0.0561. The van der Waals surface area contributed by atoms with Crippen LogP contribution in [-0.2, 0) is 14.6 Å². The maximum Gasteiger partial charge on any atom is 0.202 e. The Morgan fingerprint density at radius 1 is 0.919 bits per heavy atom. The van der Waals surface area contributed by atoms with Crippen molar-refractivity contribution in [1.29, 1.82) is 0 Å². The molecule has 0 heterocycles. The average Bonchev–Trinajstić information content (AvgIpc) is 3.31. The van der Waals surface area contributed by atoms with Crippen LogP contribution in [0.25, 0.3) is 0 Å². The van der Waals surface area contributed by atoms with Crippen LogP contribution < -0.4 is 0 Å². The molecule has 0 bridgehead atoms. The van der Waals surface area contributed by atoms with Crippen molar-refractivity contribution in [3.8, 4) is 0 Å². The average molecular weight is 515 g/mol. The summed E-state index contributed by atoms with van der Waals surface area (Å²) in [5, 5.41) is 0. The normalized spacial score (nSPS) is 18.3. The Morgan fingerprint density at radius 2 is 1.59 bits per heavy atom. The van der Waals surface area contributed by atoms with E-state index in [1.807, 2.05) is 68.5 Å². The highest BCUT2D eigenvalue weighted by Crippen LogP contribution is 2.43. The molecule has 4 rings (SSSR count). The first-order valence-corrected chi connectivity index (χ1v) is 14.3.